The molecule has 2 heterocycles. The van der Waals surface area contributed by atoms with Crippen LogP contribution in [0.3, 0.4) is 0 Å². The maximum absolute atomic E-state index is 6.11. The first-order valence-corrected chi connectivity index (χ1v) is 10.9. The van der Waals surface area contributed by atoms with Crippen molar-refractivity contribution >= 4 is 43.7 Å². The Balaban J connectivity index is 1.45. The van der Waals surface area contributed by atoms with E-state index in [2.05, 4.69) is 96.0 Å². The minimum absolute atomic E-state index is 0.926. The lowest BCUT2D eigenvalue weighted by Gasteiger charge is -2.05. The van der Waals surface area contributed by atoms with Gasteiger partial charge < -0.3 is 9.40 Å². The lowest BCUT2D eigenvalue weighted by Crippen LogP contribution is -1.80. The summed E-state index contributed by atoms with van der Waals surface area (Å²) in [7, 11) is 0. The fourth-order valence-electron chi connectivity index (χ4n) is 4.90. The first-order valence-electron chi connectivity index (χ1n) is 10.9. The predicted octanol–water partition coefficient (Wildman–Crippen LogP) is 8.55. The number of nitrogens with one attached hydrogen (secondary N) is 1. The Morgan fingerprint density at radius 1 is 0.469 bits per heavy atom. The Morgan fingerprint density at radius 3 is 2.22 bits per heavy atom. The summed E-state index contributed by atoms with van der Waals surface area (Å²) in [5, 5.41) is 4.81. The molecule has 0 saturated carbocycles. The molecule has 0 spiro atoms. The summed E-state index contributed by atoms with van der Waals surface area (Å²) < 4.78 is 6.11. The smallest absolute Gasteiger partial charge is 0.136 e. The van der Waals surface area contributed by atoms with Crippen molar-refractivity contribution in [2.75, 3.05) is 0 Å². The first kappa shape index (κ1) is 17.4. The number of H-pyrrole nitrogens is 1. The van der Waals surface area contributed by atoms with Crippen LogP contribution in [0, 0.1) is 0 Å². The average Bonchev–Trinajstić information content (AvgIpc) is 3.41. The Kier molecular flexibility index (Phi) is 3.58. The second-order valence-electron chi connectivity index (χ2n) is 8.29. The average molecular weight is 409 g/mol. The van der Waals surface area contributed by atoms with E-state index in [0.29, 0.717) is 0 Å². The molecule has 2 nitrogen and oxygen atoms in total. The van der Waals surface area contributed by atoms with Crippen molar-refractivity contribution < 1.29 is 4.42 Å². The van der Waals surface area contributed by atoms with Crippen molar-refractivity contribution in [3.05, 3.63) is 109 Å². The van der Waals surface area contributed by atoms with Crippen LogP contribution in [0.5, 0.6) is 0 Å². The van der Waals surface area contributed by atoms with Crippen LogP contribution in [0.2, 0.25) is 0 Å². The van der Waals surface area contributed by atoms with Crippen LogP contribution in [-0.2, 0) is 0 Å². The second kappa shape index (κ2) is 6.60. The van der Waals surface area contributed by atoms with Crippen LogP contribution in [0.1, 0.15) is 0 Å². The lowest BCUT2D eigenvalue weighted by molar-refractivity contribution is 0.669. The fraction of sp³-hybridized carbons (Fsp3) is 0. The Bertz CT molecular complexity index is 1770. The molecule has 0 unspecified atom stereocenters. The molecule has 150 valence electrons. The van der Waals surface area contributed by atoms with Crippen molar-refractivity contribution in [3.8, 4) is 22.3 Å². The van der Waals surface area contributed by atoms with Gasteiger partial charge in [-0.3, -0.25) is 0 Å². The molecule has 0 aliphatic rings. The third-order valence-corrected chi connectivity index (χ3v) is 6.42. The van der Waals surface area contributed by atoms with E-state index in [-0.39, 0.29) is 0 Å². The van der Waals surface area contributed by atoms with E-state index in [0.717, 1.165) is 27.6 Å². The molecule has 1 N–H and O–H groups in total. The molecule has 0 radical (unpaired) electrons. The molecular formula is C30H19NO. The van der Waals surface area contributed by atoms with Gasteiger partial charge in [-0.2, -0.15) is 0 Å². The summed E-state index contributed by atoms with van der Waals surface area (Å²) in [6.45, 7) is 0. The minimum atomic E-state index is 0.926. The van der Waals surface area contributed by atoms with Gasteiger partial charge in [0.1, 0.15) is 11.2 Å². The molecule has 0 bridgehead atoms. The van der Waals surface area contributed by atoms with Crippen molar-refractivity contribution in [1.29, 1.82) is 0 Å². The molecule has 0 fully saturated rings. The number of aromatic amines is 1. The monoisotopic (exact) mass is 409 g/mol. The molecule has 7 aromatic rings. The highest BCUT2D eigenvalue weighted by Crippen LogP contribution is 2.38. The van der Waals surface area contributed by atoms with E-state index in [1.165, 1.54) is 38.4 Å². The third-order valence-electron chi connectivity index (χ3n) is 6.42. The highest BCUT2D eigenvalue weighted by Gasteiger charge is 2.13. The molecule has 0 atom stereocenters. The number of furan rings is 1. The van der Waals surface area contributed by atoms with Crippen LogP contribution >= 0.6 is 0 Å². The number of hydrogen-bond donors (Lipinski definition) is 1. The molecule has 0 aliphatic heterocycles. The van der Waals surface area contributed by atoms with Crippen LogP contribution in [0.15, 0.2) is 114 Å². The number of hydrogen-bond acceptors (Lipinski definition) is 1. The van der Waals surface area contributed by atoms with Crippen molar-refractivity contribution in [1.82, 2.24) is 4.98 Å². The van der Waals surface area contributed by atoms with Crippen LogP contribution in [0.4, 0.5) is 0 Å². The van der Waals surface area contributed by atoms with E-state index in [9.17, 15) is 0 Å². The van der Waals surface area contributed by atoms with Crippen molar-refractivity contribution in [3.63, 3.8) is 0 Å². The lowest BCUT2D eigenvalue weighted by atomic mass is 9.97. The second-order valence-corrected chi connectivity index (χ2v) is 8.29. The topological polar surface area (TPSA) is 28.9 Å². The van der Waals surface area contributed by atoms with Crippen molar-refractivity contribution in [2.45, 2.75) is 0 Å². The summed E-state index contributed by atoms with van der Waals surface area (Å²) in [5.74, 6) is 0. The van der Waals surface area contributed by atoms with Gasteiger partial charge in [0.05, 0.1) is 0 Å². The highest BCUT2D eigenvalue weighted by molar-refractivity contribution is 6.14. The van der Waals surface area contributed by atoms with E-state index < -0.39 is 0 Å². The van der Waals surface area contributed by atoms with Crippen LogP contribution in [0.25, 0.3) is 66.0 Å². The Hall–Kier alpha value is -4.30. The van der Waals surface area contributed by atoms with Gasteiger partial charge in [0, 0.05) is 32.6 Å². The molecular weight excluding hydrogens is 390 g/mol. The third kappa shape index (κ3) is 2.53. The zero-order valence-electron chi connectivity index (χ0n) is 17.3. The highest BCUT2D eigenvalue weighted by atomic mass is 16.3. The maximum Gasteiger partial charge on any atom is 0.136 e. The predicted molar refractivity (Wildman–Crippen MR) is 134 cm³/mol. The number of rotatable bonds is 2. The number of benzene rings is 5. The van der Waals surface area contributed by atoms with Gasteiger partial charge in [-0.25, -0.2) is 0 Å². The number of para-hydroxylation sites is 1. The summed E-state index contributed by atoms with van der Waals surface area (Å²) in [6.07, 6.45) is 0. The fourth-order valence-corrected chi connectivity index (χ4v) is 4.90. The first-order chi connectivity index (χ1) is 15.8. The summed E-state index contributed by atoms with van der Waals surface area (Å²) in [4.78, 5) is 3.61. The number of fused-ring (bicyclic) bond motifs is 6. The van der Waals surface area contributed by atoms with Gasteiger partial charge in [0.25, 0.3) is 0 Å². The van der Waals surface area contributed by atoms with E-state index in [1.807, 2.05) is 18.2 Å². The van der Waals surface area contributed by atoms with E-state index in [4.69, 9.17) is 4.42 Å². The zero-order valence-corrected chi connectivity index (χ0v) is 17.3. The van der Waals surface area contributed by atoms with Gasteiger partial charge >= 0.3 is 0 Å². The van der Waals surface area contributed by atoms with Crippen LogP contribution < -0.4 is 0 Å². The maximum atomic E-state index is 6.11. The zero-order chi connectivity index (χ0) is 21.1. The molecule has 0 amide bonds. The van der Waals surface area contributed by atoms with Gasteiger partial charge in [0.2, 0.25) is 0 Å². The van der Waals surface area contributed by atoms with Gasteiger partial charge in [-0.05, 0) is 52.6 Å². The molecule has 0 saturated heterocycles. The van der Waals surface area contributed by atoms with Crippen LogP contribution in [-0.4, -0.2) is 4.98 Å². The summed E-state index contributed by atoms with van der Waals surface area (Å²) in [5.41, 5.74) is 9.01. The summed E-state index contributed by atoms with van der Waals surface area (Å²) >= 11 is 0. The number of aromatic nitrogens is 1. The SMILES string of the molecule is c1ccc(-c2ccc3c(c2)[nH]c2ccc(-c4cccc5oc6ccccc6c45)cc23)cc1. The van der Waals surface area contributed by atoms with Gasteiger partial charge in [-0.15, -0.1) is 0 Å². The largest absolute Gasteiger partial charge is 0.456 e. The minimum Gasteiger partial charge on any atom is -0.456 e. The Labute approximate surface area is 184 Å². The molecule has 2 heteroatoms. The van der Waals surface area contributed by atoms with E-state index >= 15 is 0 Å². The normalized spacial score (nSPS) is 11.8. The molecule has 7 rings (SSSR count). The summed E-state index contributed by atoms with van der Waals surface area (Å²) in [6, 6.07) is 38.5. The van der Waals surface area contributed by atoms with Gasteiger partial charge in [0.15, 0.2) is 0 Å². The molecule has 5 aromatic carbocycles. The molecule has 2 aromatic heterocycles. The standard InChI is InChI=1S/C30H19NO/c1-2-7-19(8-3-1)20-13-15-23-25-17-21(14-16-26(25)31-27(23)18-20)22-10-6-12-29-30(22)24-9-4-5-11-28(24)32-29/h1-18,31H. The Morgan fingerprint density at radius 2 is 1.28 bits per heavy atom. The molecule has 32 heavy (non-hydrogen) atoms. The quantitative estimate of drug-likeness (QED) is 0.304. The molecule has 0 aliphatic carbocycles. The van der Waals surface area contributed by atoms with E-state index in [1.54, 1.807) is 0 Å². The van der Waals surface area contributed by atoms with Crippen molar-refractivity contribution in [2.24, 2.45) is 0 Å². The van der Waals surface area contributed by atoms with Gasteiger partial charge in [-0.1, -0.05) is 78.9 Å².